The highest BCUT2D eigenvalue weighted by Crippen LogP contribution is 2.12. The molecule has 98 valence electrons. The Hall–Kier alpha value is -1.18. The summed E-state index contributed by atoms with van der Waals surface area (Å²) in [7, 11) is 3.30. The molecular weight excluding hydrogens is 300 g/mol. The van der Waals surface area contributed by atoms with Gasteiger partial charge in [-0.3, -0.25) is 0 Å². The Morgan fingerprint density at radius 3 is 3.00 bits per heavy atom. The molecule has 0 bridgehead atoms. The van der Waals surface area contributed by atoms with Gasteiger partial charge in [-0.2, -0.15) is 4.98 Å². The van der Waals surface area contributed by atoms with Crippen LogP contribution in [-0.2, 0) is 9.47 Å². The van der Waals surface area contributed by atoms with E-state index >= 15 is 0 Å². The number of rotatable bonds is 6. The molecule has 1 atom stereocenters. The average Bonchev–Trinajstić information content (AvgIpc) is 2.76. The van der Waals surface area contributed by atoms with Crippen LogP contribution >= 0.6 is 15.9 Å². The average molecular weight is 315 g/mol. The number of anilines is 1. The third-order valence-corrected chi connectivity index (χ3v) is 2.94. The second-order valence-electron chi connectivity index (χ2n) is 3.78. The van der Waals surface area contributed by atoms with Crippen LogP contribution in [0.25, 0.3) is 5.65 Å². The Morgan fingerprint density at radius 2 is 2.28 bits per heavy atom. The highest BCUT2D eigenvalue weighted by atomic mass is 79.9. The third kappa shape index (κ3) is 3.18. The smallest absolute Gasteiger partial charge is 0.243 e. The van der Waals surface area contributed by atoms with Crippen LogP contribution < -0.4 is 5.32 Å². The topological polar surface area (TPSA) is 60.7 Å². The standard InChI is InChI=1S/C11H15BrN4O2/c1-17-7-9(18-2)5-13-11-14-10-4-3-8(12)6-16(10)15-11/h3-4,6,9H,5,7H2,1-2H3,(H,13,15). The normalized spacial score (nSPS) is 12.8. The molecule has 18 heavy (non-hydrogen) atoms. The molecule has 0 aliphatic rings. The Kier molecular flexibility index (Phi) is 4.51. The summed E-state index contributed by atoms with van der Waals surface area (Å²) in [6, 6.07) is 3.82. The molecule has 0 fully saturated rings. The fourth-order valence-corrected chi connectivity index (χ4v) is 1.86. The molecule has 0 spiro atoms. The molecule has 2 aromatic rings. The number of halogens is 1. The molecule has 6 nitrogen and oxygen atoms in total. The number of nitrogens with zero attached hydrogens (tertiary/aromatic N) is 3. The van der Waals surface area contributed by atoms with Crippen molar-refractivity contribution in [1.82, 2.24) is 14.6 Å². The largest absolute Gasteiger partial charge is 0.382 e. The Morgan fingerprint density at radius 1 is 1.44 bits per heavy atom. The summed E-state index contributed by atoms with van der Waals surface area (Å²) in [4.78, 5) is 4.34. The molecule has 2 rings (SSSR count). The highest BCUT2D eigenvalue weighted by molar-refractivity contribution is 9.10. The summed E-state index contributed by atoms with van der Waals surface area (Å²) in [5.41, 5.74) is 0.793. The molecule has 1 N–H and O–H groups in total. The first-order valence-corrected chi connectivity index (χ1v) is 6.29. The van der Waals surface area contributed by atoms with Crippen LogP contribution in [0.1, 0.15) is 0 Å². The second kappa shape index (κ2) is 6.12. The maximum Gasteiger partial charge on any atom is 0.243 e. The lowest BCUT2D eigenvalue weighted by Crippen LogP contribution is -2.26. The number of hydrogen-bond acceptors (Lipinski definition) is 5. The summed E-state index contributed by atoms with van der Waals surface area (Å²) < 4.78 is 13.0. The number of hydrogen-bond donors (Lipinski definition) is 1. The number of methoxy groups -OCH3 is 2. The molecule has 1 unspecified atom stereocenters. The van der Waals surface area contributed by atoms with Crippen molar-refractivity contribution in [3.8, 4) is 0 Å². The molecule has 0 aromatic carbocycles. The molecule has 7 heteroatoms. The lowest BCUT2D eigenvalue weighted by molar-refractivity contribution is 0.0365. The van der Waals surface area contributed by atoms with E-state index in [1.807, 2.05) is 18.3 Å². The molecule has 2 heterocycles. The van der Waals surface area contributed by atoms with E-state index in [0.29, 0.717) is 19.1 Å². The first-order valence-electron chi connectivity index (χ1n) is 5.50. The van der Waals surface area contributed by atoms with E-state index in [1.165, 1.54) is 0 Å². The lowest BCUT2D eigenvalue weighted by atomic mass is 10.4. The van der Waals surface area contributed by atoms with E-state index in [-0.39, 0.29) is 6.10 Å². The fraction of sp³-hybridized carbons (Fsp3) is 0.455. The summed E-state index contributed by atoms with van der Waals surface area (Å²) in [5.74, 6) is 0.575. The van der Waals surface area contributed by atoms with Crippen molar-refractivity contribution in [3.05, 3.63) is 22.8 Å². The molecule has 2 aromatic heterocycles. The number of fused-ring (bicyclic) bond motifs is 1. The zero-order chi connectivity index (χ0) is 13.0. The van der Waals surface area contributed by atoms with Gasteiger partial charge >= 0.3 is 0 Å². The van der Waals surface area contributed by atoms with E-state index < -0.39 is 0 Å². The minimum Gasteiger partial charge on any atom is -0.382 e. The second-order valence-corrected chi connectivity index (χ2v) is 4.70. The van der Waals surface area contributed by atoms with E-state index in [9.17, 15) is 0 Å². The highest BCUT2D eigenvalue weighted by Gasteiger charge is 2.09. The monoisotopic (exact) mass is 314 g/mol. The first-order chi connectivity index (χ1) is 8.72. The molecular formula is C11H15BrN4O2. The van der Waals surface area contributed by atoms with Gasteiger partial charge in [0.15, 0.2) is 5.65 Å². The van der Waals surface area contributed by atoms with Crippen molar-refractivity contribution in [3.63, 3.8) is 0 Å². The van der Waals surface area contributed by atoms with Crippen molar-refractivity contribution in [1.29, 1.82) is 0 Å². The van der Waals surface area contributed by atoms with Crippen LogP contribution in [0.3, 0.4) is 0 Å². The van der Waals surface area contributed by atoms with E-state index in [4.69, 9.17) is 9.47 Å². The molecule has 0 radical (unpaired) electrons. The molecule has 0 aliphatic heterocycles. The van der Waals surface area contributed by atoms with Gasteiger partial charge in [-0.25, -0.2) is 4.52 Å². The van der Waals surface area contributed by atoms with Crippen molar-refractivity contribution < 1.29 is 9.47 Å². The summed E-state index contributed by atoms with van der Waals surface area (Å²) >= 11 is 3.39. The minimum absolute atomic E-state index is 0.0200. The van der Waals surface area contributed by atoms with E-state index in [0.717, 1.165) is 10.1 Å². The van der Waals surface area contributed by atoms with Crippen LogP contribution in [0.2, 0.25) is 0 Å². The van der Waals surface area contributed by atoms with Gasteiger partial charge in [0.2, 0.25) is 5.95 Å². The van der Waals surface area contributed by atoms with Crippen LogP contribution in [-0.4, -0.2) is 48.1 Å². The van der Waals surface area contributed by atoms with Gasteiger partial charge in [-0.05, 0) is 28.1 Å². The fourth-order valence-electron chi connectivity index (χ4n) is 1.53. The van der Waals surface area contributed by atoms with Crippen LogP contribution in [0.5, 0.6) is 0 Å². The Bertz CT molecular complexity index is 517. The van der Waals surface area contributed by atoms with Gasteiger partial charge in [0.25, 0.3) is 0 Å². The van der Waals surface area contributed by atoms with Gasteiger partial charge in [-0.1, -0.05) is 0 Å². The van der Waals surface area contributed by atoms with E-state index in [1.54, 1.807) is 18.7 Å². The number of pyridine rings is 1. The predicted molar refractivity (Wildman–Crippen MR) is 71.8 cm³/mol. The number of aromatic nitrogens is 3. The molecule has 0 amide bonds. The Balaban J connectivity index is 2.03. The zero-order valence-electron chi connectivity index (χ0n) is 10.3. The number of nitrogens with one attached hydrogen (secondary N) is 1. The van der Waals surface area contributed by atoms with Crippen LogP contribution in [0.4, 0.5) is 5.95 Å². The summed E-state index contributed by atoms with van der Waals surface area (Å²) in [5, 5.41) is 7.43. The zero-order valence-corrected chi connectivity index (χ0v) is 11.8. The molecule has 0 saturated carbocycles. The van der Waals surface area contributed by atoms with Gasteiger partial charge in [-0.15, -0.1) is 5.10 Å². The van der Waals surface area contributed by atoms with Gasteiger partial charge in [0.1, 0.15) is 0 Å². The maximum absolute atomic E-state index is 5.25. The maximum atomic E-state index is 5.25. The Labute approximate surface area is 113 Å². The molecule has 0 saturated heterocycles. The summed E-state index contributed by atoms with van der Waals surface area (Å²) in [6.07, 6.45) is 1.84. The van der Waals surface area contributed by atoms with Crippen molar-refractivity contribution in [2.45, 2.75) is 6.10 Å². The lowest BCUT2D eigenvalue weighted by Gasteiger charge is -2.13. The van der Waals surface area contributed by atoms with Gasteiger partial charge in [0, 0.05) is 31.4 Å². The van der Waals surface area contributed by atoms with Crippen LogP contribution in [0, 0.1) is 0 Å². The van der Waals surface area contributed by atoms with Gasteiger partial charge in [0.05, 0.1) is 12.7 Å². The quantitative estimate of drug-likeness (QED) is 0.877. The van der Waals surface area contributed by atoms with Crippen molar-refractivity contribution in [2.75, 3.05) is 32.7 Å². The third-order valence-electron chi connectivity index (χ3n) is 2.47. The SMILES string of the molecule is COCC(CNc1nc2ccc(Br)cn2n1)OC. The van der Waals surface area contributed by atoms with Crippen LogP contribution in [0.15, 0.2) is 22.8 Å². The first kappa shape index (κ1) is 13.3. The van der Waals surface area contributed by atoms with Crippen molar-refractivity contribution >= 4 is 27.5 Å². The van der Waals surface area contributed by atoms with E-state index in [2.05, 4.69) is 31.3 Å². The predicted octanol–water partition coefficient (Wildman–Crippen LogP) is 1.57. The molecule has 0 aliphatic carbocycles. The minimum atomic E-state index is -0.0200. The van der Waals surface area contributed by atoms with Crippen molar-refractivity contribution in [2.24, 2.45) is 0 Å². The summed E-state index contributed by atoms with van der Waals surface area (Å²) in [6.45, 7) is 1.13. The number of ether oxygens (including phenoxy) is 2. The van der Waals surface area contributed by atoms with Gasteiger partial charge < -0.3 is 14.8 Å².